The normalized spacial score (nSPS) is 16.2. The van der Waals surface area contributed by atoms with E-state index in [4.69, 9.17) is 5.73 Å². The number of alkyl halides is 6. The van der Waals surface area contributed by atoms with E-state index in [1.165, 1.54) is 0 Å². The molecule has 0 aromatic rings. The van der Waals surface area contributed by atoms with Crippen LogP contribution >= 0.6 is 0 Å². The van der Waals surface area contributed by atoms with Crippen LogP contribution in [0.5, 0.6) is 0 Å². The maximum atomic E-state index is 12.3. The van der Waals surface area contributed by atoms with Crippen molar-refractivity contribution in [3.63, 3.8) is 0 Å². The van der Waals surface area contributed by atoms with Gasteiger partial charge in [-0.05, 0) is 19.8 Å². The first-order valence-electron chi connectivity index (χ1n) is 5.08. The zero-order chi connectivity index (χ0) is 14.6. The Labute approximate surface area is 99.7 Å². The minimum absolute atomic E-state index is 0.0703. The predicted octanol–water partition coefficient (Wildman–Crippen LogP) is 2.11. The van der Waals surface area contributed by atoms with Crippen molar-refractivity contribution < 1.29 is 31.1 Å². The van der Waals surface area contributed by atoms with Crippen molar-refractivity contribution in [3.05, 3.63) is 0 Å². The van der Waals surface area contributed by atoms with Gasteiger partial charge in [-0.25, -0.2) is 0 Å². The third-order valence-electron chi connectivity index (χ3n) is 2.23. The summed E-state index contributed by atoms with van der Waals surface area (Å²) >= 11 is 0. The largest absolute Gasteiger partial charge is 0.415 e. The summed E-state index contributed by atoms with van der Waals surface area (Å²) in [7, 11) is 0. The van der Waals surface area contributed by atoms with Crippen molar-refractivity contribution in [2.45, 2.75) is 44.1 Å². The molecule has 1 amide bonds. The molecule has 0 fully saturated rings. The Kier molecular flexibility index (Phi) is 5.45. The topological polar surface area (TPSA) is 55.1 Å². The van der Waals surface area contributed by atoms with E-state index < -0.39 is 30.2 Å². The average molecular weight is 280 g/mol. The standard InChI is InChI=1S/C9H14F6N2O/c1-7(16,9(13,14)15)6(18)17-5-3-2-4-8(10,11)12/h2-5,16H2,1H3,(H,17,18). The lowest BCUT2D eigenvalue weighted by Crippen LogP contribution is -2.61. The second-order valence-corrected chi connectivity index (χ2v) is 4.03. The van der Waals surface area contributed by atoms with Gasteiger partial charge in [0.15, 0.2) is 5.54 Å². The maximum Gasteiger partial charge on any atom is 0.415 e. The molecule has 0 heterocycles. The molecule has 3 nitrogen and oxygen atoms in total. The van der Waals surface area contributed by atoms with E-state index in [9.17, 15) is 31.1 Å². The quantitative estimate of drug-likeness (QED) is 0.598. The minimum atomic E-state index is -4.91. The number of carbonyl (C=O) groups is 1. The highest BCUT2D eigenvalue weighted by molar-refractivity contribution is 5.86. The fourth-order valence-corrected chi connectivity index (χ4v) is 0.965. The third-order valence-corrected chi connectivity index (χ3v) is 2.23. The molecule has 3 N–H and O–H groups in total. The SMILES string of the molecule is CC(N)(C(=O)NCCCCC(F)(F)F)C(F)(F)F. The Morgan fingerprint density at radius 3 is 2.00 bits per heavy atom. The van der Waals surface area contributed by atoms with Crippen molar-refractivity contribution in [2.24, 2.45) is 5.73 Å². The Balaban J connectivity index is 3.99. The summed E-state index contributed by atoms with van der Waals surface area (Å²) in [5.74, 6) is -1.46. The molecule has 0 aromatic heterocycles. The monoisotopic (exact) mass is 280 g/mol. The second kappa shape index (κ2) is 5.77. The summed E-state index contributed by atoms with van der Waals surface area (Å²) in [6, 6.07) is 0. The molecule has 0 spiro atoms. The van der Waals surface area contributed by atoms with Crippen LogP contribution in [0.25, 0.3) is 0 Å². The number of carbonyl (C=O) groups excluding carboxylic acids is 1. The Morgan fingerprint density at radius 1 is 1.11 bits per heavy atom. The first-order valence-corrected chi connectivity index (χ1v) is 5.08. The molecule has 0 aliphatic heterocycles. The van der Waals surface area contributed by atoms with Gasteiger partial charge in [0.05, 0.1) is 0 Å². The molecular weight excluding hydrogens is 266 g/mol. The van der Waals surface area contributed by atoms with Crippen LogP contribution in [0.2, 0.25) is 0 Å². The number of nitrogens with one attached hydrogen (secondary N) is 1. The summed E-state index contributed by atoms with van der Waals surface area (Å²) in [5.41, 5.74) is 1.76. The lowest BCUT2D eigenvalue weighted by molar-refractivity contribution is -0.187. The number of hydrogen-bond acceptors (Lipinski definition) is 2. The molecule has 1 atom stereocenters. The van der Waals surface area contributed by atoms with E-state index >= 15 is 0 Å². The zero-order valence-electron chi connectivity index (χ0n) is 9.58. The number of hydrogen-bond donors (Lipinski definition) is 2. The molecule has 18 heavy (non-hydrogen) atoms. The second-order valence-electron chi connectivity index (χ2n) is 4.03. The van der Waals surface area contributed by atoms with Gasteiger partial charge in [-0.3, -0.25) is 4.79 Å². The molecule has 0 radical (unpaired) electrons. The van der Waals surface area contributed by atoms with E-state index in [1.807, 2.05) is 5.32 Å². The summed E-state index contributed by atoms with van der Waals surface area (Å²) in [6.07, 6.45) is -10.6. The van der Waals surface area contributed by atoms with Crippen LogP contribution in [0.4, 0.5) is 26.3 Å². The minimum Gasteiger partial charge on any atom is -0.354 e. The predicted molar refractivity (Wildman–Crippen MR) is 51.6 cm³/mol. The molecule has 0 saturated carbocycles. The lowest BCUT2D eigenvalue weighted by atomic mass is 10.0. The average Bonchev–Trinajstić information content (AvgIpc) is 2.13. The van der Waals surface area contributed by atoms with E-state index in [0.717, 1.165) is 0 Å². The van der Waals surface area contributed by atoms with Gasteiger partial charge in [0.2, 0.25) is 5.91 Å². The molecule has 108 valence electrons. The highest BCUT2D eigenvalue weighted by Gasteiger charge is 2.53. The number of rotatable bonds is 5. The molecule has 0 aliphatic rings. The fraction of sp³-hybridized carbons (Fsp3) is 0.889. The van der Waals surface area contributed by atoms with Gasteiger partial charge in [0.25, 0.3) is 0 Å². The highest BCUT2D eigenvalue weighted by atomic mass is 19.4. The van der Waals surface area contributed by atoms with Crippen LogP contribution in [0.1, 0.15) is 26.2 Å². The van der Waals surface area contributed by atoms with E-state index in [2.05, 4.69) is 0 Å². The Hall–Kier alpha value is -0.990. The van der Waals surface area contributed by atoms with Crippen LogP contribution in [0, 0.1) is 0 Å². The van der Waals surface area contributed by atoms with E-state index in [0.29, 0.717) is 6.92 Å². The molecule has 1 unspecified atom stereocenters. The lowest BCUT2D eigenvalue weighted by Gasteiger charge is -2.26. The van der Waals surface area contributed by atoms with E-state index in [-0.39, 0.29) is 19.4 Å². The van der Waals surface area contributed by atoms with Crippen LogP contribution in [0.3, 0.4) is 0 Å². The molecule has 9 heteroatoms. The number of amides is 1. The van der Waals surface area contributed by atoms with Gasteiger partial charge in [0.1, 0.15) is 0 Å². The molecule has 0 aromatic carbocycles. The molecule has 0 saturated heterocycles. The first kappa shape index (κ1) is 17.0. The number of nitrogens with two attached hydrogens (primary N) is 1. The molecule has 0 rings (SSSR count). The van der Waals surface area contributed by atoms with Gasteiger partial charge >= 0.3 is 12.4 Å². The highest BCUT2D eigenvalue weighted by Crippen LogP contribution is 2.28. The molecule has 0 bridgehead atoms. The number of unbranched alkanes of at least 4 members (excludes halogenated alkanes) is 1. The Morgan fingerprint density at radius 2 is 1.61 bits per heavy atom. The third kappa shape index (κ3) is 5.56. The summed E-state index contributed by atoms with van der Waals surface area (Å²) in [6.45, 7) is 0.218. The van der Waals surface area contributed by atoms with Crippen molar-refractivity contribution >= 4 is 5.91 Å². The van der Waals surface area contributed by atoms with E-state index in [1.54, 1.807) is 0 Å². The van der Waals surface area contributed by atoms with Crippen molar-refractivity contribution in [1.82, 2.24) is 5.32 Å². The van der Waals surface area contributed by atoms with Crippen molar-refractivity contribution in [1.29, 1.82) is 0 Å². The first-order chi connectivity index (χ1) is 7.88. The van der Waals surface area contributed by atoms with Gasteiger partial charge in [-0.2, -0.15) is 26.3 Å². The van der Waals surface area contributed by atoms with Gasteiger partial charge in [0, 0.05) is 13.0 Å². The summed E-state index contributed by atoms with van der Waals surface area (Å²) < 4.78 is 72.0. The molecule has 0 aliphatic carbocycles. The van der Waals surface area contributed by atoms with Crippen LogP contribution < -0.4 is 11.1 Å². The van der Waals surface area contributed by atoms with Crippen molar-refractivity contribution in [2.75, 3.05) is 6.54 Å². The Bertz CT molecular complexity index is 284. The van der Waals surface area contributed by atoms with Gasteiger partial charge in [-0.1, -0.05) is 0 Å². The number of halogens is 6. The summed E-state index contributed by atoms with van der Waals surface area (Å²) in [4.78, 5) is 11.1. The fourth-order valence-electron chi connectivity index (χ4n) is 0.965. The molecular formula is C9H14F6N2O. The van der Waals surface area contributed by atoms with Gasteiger partial charge in [-0.15, -0.1) is 0 Å². The smallest absolute Gasteiger partial charge is 0.354 e. The van der Waals surface area contributed by atoms with Crippen LogP contribution in [-0.4, -0.2) is 30.3 Å². The maximum absolute atomic E-state index is 12.3. The summed E-state index contributed by atoms with van der Waals surface area (Å²) in [5, 5.41) is 1.86. The van der Waals surface area contributed by atoms with Crippen molar-refractivity contribution in [3.8, 4) is 0 Å². The van der Waals surface area contributed by atoms with Gasteiger partial charge < -0.3 is 11.1 Å². The van der Waals surface area contributed by atoms with Crippen LogP contribution in [0.15, 0.2) is 0 Å². The van der Waals surface area contributed by atoms with Crippen LogP contribution in [-0.2, 0) is 4.79 Å². The zero-order valence-corrected chi connectivity index (χ0v) is 9.58.